The molecule has 7 nitrogen and oxygen atoms in total. The van der Waals surface area contributed by atoms with Crippen LogP contribution in [0, 0.1) is 17.8 Å². The van der Waals surface area contributed by atoms with Crippen LogP contribution in [-0.4, -0.2) is 58.1 Å². The fraction of sp³-hybridized carbons (Fsp3) is 0.357. The van der Waals surface area contributed by atoms with E-state index in [2.05, 4.69) is 0 Å². The van der Waals surface area contributed by atoms with Gasteiger partial charge in [0, 0.05) is 6.54 Å². The highest BCUT2D eigenvalue weighted by Gasteiger charge is 2.72. The smallest absolute Gasteiger partial charge is 0.249 e. The molecule has 4 fully saturated rings. The third-order valence-electron chi connectivity index (χ3n) is 7.91. The van der Waals surface area contributed by atoms with E-state index in [0.29, 0.717) is 18.2 Å². The molecule has 0 bridgehead atoms. The highest BCUT2D eigenvalue weighted by molar-refractivity contribution is 6.25. The number of amides is 4. The monoisotopic (exact) mass is 469 g/mol. The van der Waals surface area contributed by atoms with Crippen molar-refractivity contribution in [2.24, 2.45) is 17.8 Å². The number of benzene rings is 2. The Bertz CT molecular complexity index is 1240. The molecular weight excluding hydrogens is 442 g/mol. The number of imide groups is 1. The first-order valence-electron chi connectivity index (χ1n) is 12.2. The quantitative estimate of drug-likeness (QED) is 0.631. The van der Waals surface area contributed by atoms with Gasteiger partial charge in [-0.1, -0.05) is 60.7 Å². The van der Waals surface area contributed by atoms with E-state index in [1.54, 1.807) is 36.1 Å². The minimum Gasteiger partial charge on any atom is -0.331 e. The second kappa shape index (κ2) is 7.90. The predicted molar refractivity (Wildman–Crippen MR) is 130 cm³/mol. The number of hydrogen-bond donors (Lipinski definition) is 0. The SMILES string of the molecule is C[C@@]12C(=O)N(CC3CC3)CC(=O)N1[C@H](/C=C/c1ccccc1)[C@@H]1C(=O)N(c3ccccc3)C(=O)[C@@H]12. The summed E-state index contributed by atoms with van der Waals surface area (Å²) in [5.74, 6) is -2.56. The molecule has 35 heavy (non-hydrogen) atoms. The van der Waals surface area contributed by atoms with E-state index in [0.717, 1.165) is 18.4 Å². The molecule has 0 spiro atoms. The van der Waals surface area contributed by atoms with Gasteiger partial charge in [0.05, 0.1) is 30.1 Å². The van der Waals surface area contributed by atoms with Crippen molar-refractivity contribution in [2.75, 3.05) is 18.0 Å². The molecule has 0 aromatic heterocycles. The van der Waals surface area contributed by atoms with Gasteiger partial charge in [0.15, 0.2) is 0 Å². The number of rotatable bonds is 5. The topological polar surface area (TPSA) is 78.0 Å². The Morgan fingerprint density at radius 1 is 0.914 bits per heavy atom. The first kappa shape index (κ1) is 21.8. The second-order valence-corrected chi connectivity index (χ2v) is 10.2. The van der Waals surface area contributed by atoms with Gasteiger partial charge in [-0.15, -0.1) is 0 Å². The Labute approximate surface area is 204 Å². The molecule has 2 aromatic rings. The summed E-state index contributed by atoms with van der Waals surface area (Å²) in [6.07, 6.45) is 5.78. The van der Waals surface area contributed by atoms with E-state index >= 15 is 0 Å². The molecule has 0 radical (unpaired) electrons. The standard InChI is InChI=1S/C28H27N3O4/c1-28-24-23(25(33)30(26(24)34)20-10-6-3-7-11-20)21(15-14-18-8-4-2-5-9-18)31(28)22(32)17-29(27(28)35)16-19-12-13-19/h2-11,14-15,19,21,23-24H,12-13,16-17H2,1H3/b15-14+/t21-,23+,24-,28-/m1/s1. The van der Waals surface area contributed by atoms with Gasteiger partial charge < -0.3 is 9.80 Å². The van der Waals surface area contributed by atoms with Crippen molar-refractivity contribution >= 4 is 35.4 Å². The molecule has 178 valence electrons. The zero-order valence-corrected chi connectivity index (χ0v) is 19.5. The maximum absolute atomic E-state index is 13.9. The van der Waals surface area contributed by atoms with Crippen LogP contribution in [-0.2, 0) is 19.2 Å². The van der Waals surface area contributed by atoms with Gasteiger partial charge in [0.25, 0.3) is 0 Å². The van der Waals surface area contributed by atoms with Gasteiger partial charge >= 0.3 is 0 Å². The van der Waals surface area contributed by atoms with Crippen LogP contribution >= 0.6 is 0 Å². The normalized spacial score (nSPS) is 30.4. The first-order chi connectivity index (χ1) is 16.9. The summed E-state index contributed by atoms with van der Waals surface area (Å²) in [7, 11) is 0. The fourth-order valence-corrected chi connectivity index (χ4v) is 6.11. The van der Waals surface area contributed by atoms with E-state index in [1.807, 2.05) is 48.6 Å². The van der Waals surface area contributed by atoms with Crippen molar-refractivity contribution in [1.29, 1.82) is 0 Å². The number of hydrogen-bond acceptors (Lipinski definition) is 4. The van der Waals surface area contributed by atoms with Gasteiger partial charge in [-0.2, -0.15) is 0 Å². The van der Waals surface area contributed by atoms with Crippen LogP contribution in [0.1, 0.15) is 25.3 Å². The Morgan fingerprint density at radius 2 is 1.57 bits per heavy atom. The average molecular weight is 470 g/mol. The lowest BCUT2D eigenvalue weighted by atomic mass is 9.79. The summed E-state index contributed by atoms with van der Waals surface area (Å²) >= 11 is 0. The van der Waals surface area contributed by atoms with Crippen LogP contribution in [0.3, 0.4) is 0 Å². The van der Waals surface area contributed by atoms with Crippen molar-refractivity contribution < 1.29 is 19.2 Å². The van der Waals surface area contributed by atoms with Gasteiger partial charge in [0.2, 0.25) is 23.6 Å². The van der Waals surface area contributed by atoms with Crippen molar-refractivity contribution in [3.8, 4) is 0 Å². The van der Waals surface area contributed by atoms with Crippen LogP contribution in [0.2, 0.25) is 0 Å². The predicted octanol–water partition coefficient (Wildman–Crippen LogP) is 2.73. The van der Waals surface area contributed by atoms with E-state index in [4.69, 9.17) is 0 Å². The van der Waals surface area contributed by atoms with Crippen LogP contribution in [0.4, 0.5) is 5.69 Å². The average Bonchev–Trinajstić information content (AvgIpc) is 3.58. The van der Waals surface area contributed by atoms with Crippen molar-refractivity contribution in [2.45, 2.75) is 31.3 Å². The van der Waals surface area contributed by atoms with Gasteiger partial charge in [-0.25, -0.2) is 4.90 Å². The number of anilines is 1. The van der Waals surface area contributed by atoms with Crippen molar-refractivity contribution in [3.05, 3.63) is 72.3 Å². The lowest BCUT2D eigenvalue weighted by Gasteiger charge is -2.46. The number of nitrogens with zero attached hydrogens (tertiary/aromatic N) is 3. The summed E-state index contributed by atoms with van der Waals surface area (Å²) in [6.45, 7) is 2.20. The maximum Gasteiger partial charge on any atom is 0.249 e. The highest BCUT2D eigenvalue weighted by atomic mass is 16.2. The Hall–Kier alpha value is -3.74. The molecule has 7 heteroatoms. The lowest BCUT2D eigenvalue weighted by Crippen LogP contribution is -2.68. The molecule has 4 atom stereocenters. The van der Waals surface area contributed by atoms with Crippen LogP contribution in [0.25, 0.3) is 6.08 Å². The summed E-state index contributed by atoms with van der Waals surface area (Å²) < 4.78 is 0. The zero-order valence-electron chi connectivity index (χ0n) is 19.5. The van der Waals surface area contributed by atoms with Crippen molar-refractivity contribution in [3.63, 3.8) is 0 Å². The zero-order chi connectivity index (χ0) is 24.3. The van der Waals surface area contributed by atoms with Crippen LogP contribution in [0.15, 0.2) is 66.7 Å². The van der Waals surface area contributed by atoms with Gasteiger partial charge in [0.1, 0.15) is 5.54 Å². The highest BCUT2D eigenvalue weighted by Crippen LogP contribution is 2.52. The lowest BCUT2D eigenvalue weighted by molar-refractivity contribution is -0.165. The molecule has 3 heterocycles. The van der Waals surface area contributed by atoms with E-state index < -0.39 is 29.3 Å². The summed E-state index contributed by atoms with van der Waals surface area (Å²) in [6, 6.07) is 17.7. The van der Waals surface area contributed by atoms with Gasteiger partial charge in [-0.3, -0.25) is 19.2 Å². The van der Waals surface area contributed by atoms with E-state index in [1.165, 1.54) is 9.80 Å². The summed E-state index contributed by atoms with van der Waals surface area (Å²) in [5, 5.41) is 0. The molecule has 3 saturated heterocycles. The summed E-state index contributed by atoms with van der Waals surface area (Å²) in [4.78, 5) is 59.4. The molecule has 0 N–H and O–H groups in total. The molecule has 4 aliphatic rings. The van der Waals surface area contributed by atoms with Crippen LogP contribution < -0.4 is 4.90 Å². The fourth-order valence-electron chi connectivity index (χ4n) is 6.11. The molecule has 2 aromatic carbocycles. The molecule has 3 aliphatic heterocycles. The summed E-state index contributed by atoms with van der Waals surface area (Å²) in [5.41, 5.74) is -0.000574. The largest absolute Gasteiger partial charge is 0.331 e. The third kappa shape index (κ3) is 3.25. The molecular formula is C28H27N3O4. The van der Waals surface area contributed by atoms with Gasteiger partial charge in [-0.05, 0) is 43.4 Å². The molecule has 4 amide bonds. The number of fused-ring (bicyclic) bond motifs is 3. The van der Waals surface area contributed by atoms with E-state index in [9.17, 15) is 19.2 Å². The molecule has 6 rings (SSSR count). The first-order valence-corrected chi connectivity index (χ1v) is 12.2. The van der Waals surface area contributed by atoms with Crippen molar-refractivity contribution in [1.82, 2.24) is 9.80 Å². The number of carbonyl (C=O) groups is 4. The van der Waals surface area contributed by atoms with Crippen LogP contribution in [0.5, 0.6) is 0 Å². The molecule has 1 aliphatic carbocycles. The third-order valence-corrected chi connectivity index (χ3v) is 7.91. The minimum absolute atomic E-state index is 0.00911. The Morgan fingerprint density at radius 3 is 2.23 bits per heavy atom. The second-order valence-electron chi connectivity index (χ2n) is 10.2. The number of carbonyl (C=O) groups excluding carboxylic acids is 4. The number of para-hydroxylation sites is 1. The Balaban J connectivity index is 1.45. The molecule has 0 unspecified atom stereocenters. The molecule has 1 saturated carbocycles. The minimum atomic E-state index is -1.41. The van der Waals surface area contributed by atoms with E-state index in [-0.39, 0.29) is 24.3 Å². The maximum atomic E-state index is 13.9. The Kier molecular flexibility index (Phi) is 4.91. The number of piperazine rings is 1.